The van der Waals surface area contributed by atoms with Crippen molar-refractivity contribution < 1.29 is 4.79 Å². The summed E-state index contributed by atoms with van der Waals surface area (Å²) in [5.41, 5.74) is 3.28. The average molecular weight is 358 g/mol. The molecule has 0 radical (unpaired) electrons. The van der Waals surface area contributed by atoms with Gasteiger partial charge in [-0.1, -0.05) is 38.1 Å². The van der Waals surface area contributed by atoms with Gasteiger partial charge in [-0.2, -0.15) is 0 Å². The highest BCUT2D eigenvalue weighted by Gasteiger charge is 2.30. The third-order valence-electron chi connectivity index (χ3n) is 4.98. The molecule has 134 valence electrons. The molecular weight excluding hydrogens is 330 g/mol. The molecule has 2 aromatic rings. The number of benzene rings is 1. The number of likely N-dealkylation sites (tertiary alicyclic amines) is 1. The first-order valence-corrected chi connectivity index (χ1v) is 9.72. The van der Waals surface area contributed by atoms with Crippen LogP contribution in [0.25, 0.3) is 10.6 Å². The van der Waals surface area contributed by atoms with E-state index in [2.05, 4.69) is 51.0 Å². The van der Waals surface area contributed by atoms with E-state index in [1.54, 1.807) is 0 Å². The number of rotatable bonds is 4. The summed E-state index contributed by atoms with van der Waals surface area (Å²) in [7, 11) is 4.16. The van der Waals surface area contributed by atoms with Crippen molar-refractivity contribution in [3.63, 3.8) is 0 Å². The number of hydrogen-bond donors (Lipinski definition) is 0. The van der Waals surface area contributed by atoms with Crippen LogP contribution in [0.2, 0.25) is 0 Å². The molecule has 1 amide bonds. The van der Waals surface area contributed by atoms with E-state index >= 15 is 0 Å². The molecule has 1 fully saturated rings. The van der Waals surface area contributed by atoms with Crippen molar-refractivity contribution in [3.8, 4) is 10.6 Å². The Morgan fingerprint density at radius 3 is 2.68 bits per heavy atom. The van der Waals surface area contributed by atoms with E-state index in [4.69, 9.17) is 4.98 Å². The minimum atomic E-state index is 0.132. The Bertz CT molecular complexity index is 766. The summed E-state index contributed by atoms with van der Waals surface area (Å²) in [6, 6.07) is 8.83. The van der Waals surface area contributed by atoms with Crippen LogP contribution in [0, 0.1) is 6.92 Å². The molecule has 4 nitrogen and oxygen atoms in total. The number of amides is 1. The Morgan fingerprint density at radius 1 is 1.32 bits per heavy atom. The average Bonchev–Trinajstić information content (AvgIpc) is 3.21. The van der Waals surface area contributed by atoms with Gasteiger partial charge < -0.3 is 9.80 Å². The lowest BCUT2D eigenvalue weighted by molar-refractivity contribution is 0.0787. The lowest BCUT2D eigenvalue weighted by atomic mass is 9.98. The Morgan fingerprint density at radius 2 is 2.04 bits per heavy atom. The fraction of sp³-hybridized carbons (Fsp3) is 0.500. The Balaban J connectivity index is 1.88. The summed E-state index contributed by atoms with van der Waals surface area (Å²) in [4.78, 5) is 22.7. The SMILES string of the molecule is Cc1nc(-c2ccccc2C(C)C)sc1C(=O)N1CCC(N(C)C)C1. The molecule has 2 heterocycles. The van der Waals surface area contributed by atoms with Crippen molar-refractivity contribution in [2.45, 2.75) is 39.2 Å². The zero-order valence-corrected chi connectivity index (χ0v) is 16.6. The second-order valence-electron chi connectivity index (χ2n) is 7.33. The first-order chi connectivity index (χ1) is 11.9. The molecule has 3 rings (SSSR count). The molecule has 0 saturated carbocycles. The van der Waals surface area contributed by atoms with E-state index in [1.807, 2.05) is 17.9 Å². The molecule has 1 atom stereocenters. The van der Waals surface area contributed by atoms with Crippen molar-refractivity contribution in [2.75, 3.05) is 27.2 Å². The molecule has 0 aliphatic carbocycles. The summed E-state index contributed by atoms with van der Waals surface area (Å²) in [6.45, 7) is 7.97. The van der Waals surface area contributed by atoms with E-state index in [-0.39, 0.29) is 5.91 Å². The van der Waals surface area contributed by atoms with Crippen LogP contribution in [0.3, 0.4) is 0 Å². The van der Waals surface area contributed by atoms with Crippen LogP contribution in [0.15, 0.2) is 24.3 Å². The smallest absolute Gasteiger partial charge is 0.265 e. The Hall–Kier alpha value is -1.72. The van der Waals surface area contributed by atoms with E-state index in [9.17, 15) is 4.79 Å². The zero-order valence-electron chi connectivity index (χ0n) is 15.7. The van der Waals surface area contributed by atoms with Gasteiger partial charge in [0.25, 0.3) is 5.91 Å². The molecular formula is C20H27N3OS. The highest BCUT2D eigenvalue weighted by Crippen LogP contribution is 2.34. The van der Waals surface area contributed by atoms with Gasteiger partial charge in [0.2, 0.25) is 0 Å². The van der Waals surface area contributed by atoms with E-state index in [1.165, 1.54) is 16.9 Å². The van der Waals surface area contributed by atoms with E-state index < -0.39 is 0 Å². The second-order valence-corrected chi connectivity index (χ2v) is 8.33. The number of aryl methyl sites for hydroxylation is 1. The number of hydrogen-bond acceptors (Lipinski definition) is 4. The minimum Gasteiger partial charge on any atom is -0.336 e. The van der Waals surface area contributed by atoms with Gasteiger partial charge in [0, 0.05) is 24.7 Å². The van der Waals surface area contributed by atoms with Gasteiger partial charge >= 0.3 is 0 Å². The first kappa shape index (κ1) is 18.1. The minimum absolute atomic E-state index is 0.132. The van der Waals surface area contributed by atoms with E-state index in [0.717, 1.165) is 40.7 Å². The number of nitrogens with zero attached hydrogens (tertiary/aromatic N) is 3. The number of carbonyl (C=O) groups excluding carboxylic acids is 1. The largest absolute Gasteiger partial charge is 0.336 e. The van der Waals surface area contributed by atoms with Gasteiger partial charge in [-0.3, -0.25) is 4.79 Å². The molecule has 25 heavy (non-hydrogen) atoms. The maximum atomic E-state index is 13.0. The molecule has 1 saturated heterocycles. The number of carbonyl (C=O) groups is 1. The summed E-state index contributed by atoms with van der Waals surface area (Å²) in [5.74, 6) is 0.562. The van der Waals surface area contributed by atoms with Crippen LogP contribution in [0.1, 0.15) is 47.1 Å². The van der Waals surface area contributed by atoms with Crippen LogP contribution in [0.5, 0.6) is 0 Å². The summed E-state index contributed by atoms with van der Waals surface area (Å²) >= 11 is 1.53. The zero-order chi connectivity index (χ0) is 18.1. The van der Waals surface area contributed by atoms with Crippen molar-refractivity contribution >= 4 is 17.2 Å². The molecule has 0 spiro atoms. The third-order valence-corrected chi connectivity index (χ3v) is 6.16. The van der Waals surface area contributed by atoms with Crippen molar-refractivity contribution in [1.29, 1.82) is 0 Å². The predicted molar refractivity (Wildman–Crippen MR) is 104 cm³/mol. The molecule has 1 aliphatic rings. The topological polar surface area (TPSA) is 36.4 Å². The van der Waals surface area contributed by atoms with Crippen molar-refractivity contribution in [1.82, 2.24) is 14.8 Å². The van der Waals surface area contributed by atoms with E-state index in [0.29, 0.717) is 12.0 Å². The maximum Gasteiger partial charge on any atom is 0.265 e. The Labute approximate surface area is 154 Å². The van der Waals surface area contributed by atoms with Gasteiger partial charge in [0.1, 0.15) is 9.88 Å². The summed E-state index contributed by atoms with van der Waals surface area (Å²) in [6.07, 6.45) is 1.04. The van der Waals surface area contributed by atoms with Gasteiger partial charge in [-0.25, -0.2) is 4.98 Å². The van der Waals surface area contributed by atoms with Crippen molar-refractivity contribution in [2.24, 2.45) is 0 Å². The molecule has 1 aromatic carbocycles. The number of aromatic nitrogens is 1. The van der Waals surface area contributed by atoms with Crippen LogP contribution in [-0.4, -0.2) is 53.9 Å². The first-order valence-electron chi connectivity index (χ1n) is 8.91. The fourth-order valence-electron chi connectivity index (χ4n) is 3.40. The van der Waals surface area contributed by atoms with Crippen LogP contribution >= 0.6 is 11.3 Å². The number of likely N-dealkylation sites (N-methyl/N-ethyl adjacent to an activating group) is 1. The van der Waals surface area contributed by atoms with Crippen LogP contribution < -0.4 is 0 Å². The molecule has 0 bridgehead atoms. The molecule has 1 aromatic heterocycles. The van der Waals surface area contributed by atoms with Crippen LogP contribution in [0.4, 0.5) is 0 Å². The van der Waals surface area contributed by atoms with Gasteiger partial charge in [-0.05, 0) is 38.9 Å². The highest BCUT2D eigenvalue weighted by molar-refractivity contribution is 7.17. The van der Waals surface area contributed by atoms with Crippen LogP contribution in [-0.2, 0) is 0 Å². The highest BCUT2D eigenvalue weighted by atomic mass is 32.1. The summed E-state index contributed by atoms with van der Waals surface area (Å²) in [5, 5.41) is 0.952. The quantitative estimate of drug-likeness (QED) is 0.829. The summed E-state index contributed by atoms with van der Waals surface area (Å²) < 4.78 is 0. The Kier molecular flexibility index (Phi) is 5.25. The fourth-order valence-corrected chi connectivity index (χ4v) is 4.48. The predicted octanol–water partition coefficient (Wildman–Crippen LogP) is 4.02. The maximum absolute atomic E-state index is 13.0. The second kappa shape index (κ2) is 7.26. The standard InChI is InChI=1S/C20H27N3OS/c1-13(2)16-8-6-7-9-17(16)19-21-14(3)18(25-19)20(24)23-11-10-15(12-23)22(4)5/h6-9,13,15H,10-12H2,1-5H3. The van der Waals surface area contributed by atoms with Gasteiger partial charge in [0.05, 0.1) is 5.69 Å². The number of thiazole rings is 1. The van der Waals surface area contributed by atoms with Gasteiger partial charge in [0.15, 0.2) is 0 Å². The lowest BCUT2D eigenvalue weighted by Crippen LogP contribution is -2.34. The monoisotopic (exact) mass is 357 g/mol. The molecule has 0 N–H and O–H groups in total. The lowest BCUT2D eigenvalue weighted by Gasteiger charge is -2.20. The third kappa shape index (κ3) is 3.62. The van der Waals surface area contributed by atoms with Crippen molar-refractivity contribution in [3.05, 3.63) is 40.4 Å². The molecule has 1 unspecified atom stereocenters. The van der Waals surface area contributed by atoms with Gasteiger partial charge in [-0.15, -0.1) is 11.3 Å². The molecule has 1 aliphatic heterocycles. The molecule has 5 heteroatoms. The normalized spacial score (nSPS) is 17.7.